The van der Waals surface area contributed by atoms with Gasteiger partial charge < -0.3 is 10.0 Å². The minimum Gasteiger partial charge on any atom is -0.390 e. The highest BCUT2D eigenvalue weighted by molar-refractivity contribution is 7.91. The molecule has 1 aromatic carbocycles. The normalized spacial score (nSPS) is 19.5. The lowest BCUT2D eigenvalue weighted by Gasteiger charge is -2.21. The van der Waals surface area contributed by atoms with Crippen LogP contribution in [-0.2, 0) is 21.2 Å². The number of β-amino-alcohol motifs (C(OH)–C–C–N with tert-alkyl or cyclic N) is 1. The molecule has 0 radical (unpaired) electrons. The first kappa shape index (κ1) is 19.3. The zero-order chi connectivity index (χ0) is 18.7. The predicted molar refractivity (Wildman–Crippen MR) is 101 cm³/mol. The average Bonchev–Trinajstić information content (AvgIpc) is 2.99. The Kier molecular flexibility index (Phi) is 5.99. The third-order valence-corrected chi connectivity index (χ3v) is 7.68. The second-order valence-corrected chi connectivity index (χ2v) is 9.97. The number of sulfonamides is 1. The van der Waals surface area contributed by atoms with Crippen LogP contribution in [0.25, 0.3) is 0 Å². The van der Waals surface area contributed by atoms with Crippen LogP contribution in [0.5, 0.6) is 0 Å². The van der Waals surface area contributed by atoms with Crippen LogP contribution in [0.15, 0.2) is 46.7 Å². The second kappa shape index (κ2) is 8.06. The fourth-order valence-electron chi connectivity index (χ4n) is 2.84. The molecule has 6 nitrogen and oxygen atoms in total. The van der Waals surface area contributed by atoms with Gasteiger partial charge in [0.15, 0.2) is 0 Å². The lowest BCUT2D eigenvalue weighted by atomic mass is 10.1. The van der Waals surface area contributed by atoms with Crippen molar-refractivity contribution in [3.63, 3.8) is 0 Å². The smallest absolute Gasteiger partial charge is 0.253 e. The molecule has 140 valence electrons. The van der Waals surface area contributed by atoms with E-state index < -0.39 is 16.1 Å². The van der Waals surface area contributed by atoms with Crippen molar-refractivity contribution in [1.29, 1.82) is 0 Å². The van der Waals surface area contributed by atoms with Gasteiger partial charge in [0.1, 0.15) is 4.21 Å². The summed E-state index contributed by atoms with van der Waals surface area (Å²) >= 11 is 6.76. The van der Waals surface area contributed by atoms with Gasteiger partial charge in [-0.2, -0.15) is 4.31 Å². The SMILES string of the molecule is O=C1CN(S(=O)(=O)c2ccc(Cl)s2)CC(O)CN1CCc1ccccc1. The third-order valence-electron chi connectivity index (χ3n) is 4.17. The summed E-state index contributed by atoms with van der Waals surface area (Å²) < 4.78 is 26.9. The van der Waals surface area contributed by atoms with Crippen LogP contribution in [0.4, 0.5) is 0 Å². The molecular weight excluding hydrogens is 396 g/mol. The number of thiophene rings is 1. The Labute approximate surface area is 161 Å². The van der Waals surface area contributed by atoms with Crippen molar-refractivity contribution in [1.82, 2.24) is 9.21 Å². The topological polar surface area (TPSA) is 77.9 Å². The summed E-state index contributed by atoms with van der Waals surface area (Å²) in [6, 6.07) is 12.6. The lowest BCUT2D eigenvalue weighted by molar-refractivity contribution is -0.130. The summed E-state index contributed by atoms with van der Waals surface area (Å²) in [7, 11) is -3.86. The highest BCUT2D eigenvalue weighted by atomic mass is 35.5. The van der Waals surface area contributed by atoms with Crippen molar-refractivity contribution in [2.24, 2.45) is 0 Å². The minimum absolute atomic E-state index is 0.0697. The zero-order valence-electron chi connectivity index (χ0n) is 13.9. The standard InChI is InChI=1S/C17H19ClN2O4S2/c18-15-6-7-17(25-15)26(23,24)20-11-14(21)10-19(16(22)12-20)9-8-13-4-2-1-3-5-13/h1-7,14,21H,8-12H2. The Hall–Kier alpha value is -1.45. The zero-order valence-corrected chi connectivity index (χ0v) is 16.3. The van der Waals surface area contributed by atoms with Crippen LogP contribution in [0, 0.1) is 0 Å². The molecule has 1 fully saturated rings. The summed E-state index contributed by atoms with van der Waals surface area (Å²) in [5.41, 5.74) is 1.08. The molecule has 26 heavy (non-hydrogen) atoms. The number of carbonyl (C=O) groups excluding carboxylic acids is 1. The van der Waals surface area contributed by atoms with Gasteiger partial charge in [-0.15, -0.1) is 11.3 Å². The molecule has 1 amide bonds. The summed E-state index contributed by atoms with van der Waals surface area (Å²) in [5, 5.41) is 10.2. The van der Waals surface area contributed by atoms with Gasteiger partial charge in [-0.3, -0.25) is 4.79 Å². The van der Waals surface area contributed by atoms with E-state index in [-0.39, 0.29) is 29.8 Å². The molecule has 3 rings (SSSR count). The predicted octanol–water partition coefficient (Wildman–Crippen LogP) is 1.84. The number of benzene rings is 1. The van der Waals surface area contributed by atoms with Crippen molar-refractivity contribution >= 4 is 38.9 Å². The van der Waals surface area contributed by atoms with Gasteiger partial charge in [0, 0.05) is 19.6 Å². The number of nitrogens with zero attached hydrogens (tertiary/aromatic N) is 2. The van der Waals surface area contributed by atoms with Crippen LogP contribution in [-0.4, -0.2) is 60.9 Å². The van der Waals surface area contributed by atoms with Crippen LogP contribution in [0.2, 0.25) is 4.34 Å². The van der Waals surface area contributed by atoms with E-state index in [2.05, 4.69) is 0 Å². The third kappa shape index (κ3) is 4.44. The van der Waals surface area contributed by atoms with E-state index in [1.807, 2.05) is 30.3 Å². The lowest BCUT2D eigenvalue weighted by Crippen LogP contribution is -2.39. The van der Waals surface area contributed by atoms with Crippen molar-refractivity contribution in [3.8, 4) is 0 Å². The molecule has 1 saturated heterocycles. The van der Waals surface area contributed by atoms with Crippen LogP contribution in [0.1, 0.15) is 5.56 Å². The van der Waals surface area contributed by atoms with Gasteiger partial charge in [-0.25, -0.2) is 8.42 Å². The number of rotatable bonds is 5. The van der Waals surface area contributed by atoms with Gasteiger partial charge in [-0.05, 0) is 24.1 Å². The van der Waals surface area contributed by atoms with E-state index in [0.717, 1.165) is 21.2 Å². The van der Waals surface area contributed by atoms with Gasteiger partial charge in [0.25, 0.3) is 10.0 Å². The fraction of sp³-hybridized carbons (Fsp3) is 0.353. The van der Waals surface area contributed by atoms with Crippen LogP contribution < -0.4 is 0 Å². The summed E-state index contributed by atoms with van der Waals surface area (Å²) in [6.45, 7) is 0.136. The van der Waals surface area contributed by atoms with E-state index in [0.29, 0.717) is 17.3 Å². The molecule has 1 aromatic heterocycles. The Bertz CT molecular complexity index is 870. The van der Waals surface area contributed by atoms with E-state index >= 15 is 0 Å². The maximum Gasteiger partial charge on any atom is 0.253 e. The second-order valence-electron chi connectivity index (χ2n) is 6.09. The van der Waals surface area contributed by atoms with E-state index in [1.54, 1.807) is 0 Å². The Morgan fingerprint density at radius 2 is 1.88 bits per heavy atom. The molecule has 0 aliphatic carbocycles. The van der Waals surface area contributed by atoms with E-state index in [9.17, 15) is 18.3 Å². The first-order chi connectivity index (χ1) is 12.4. The van der Waals surface area contributed by atoms with Crippen LogP contribution >= 0.6 is 22.9 Å². The summed E-state index contributed by atoms with van der Waals surface area (Å²) in [6.07, 6.45) is -0.297. The maximum absolute atomic E-state index is 12.7. The number of amides is 1. The van der Waals surface area contributed by atoms with Crippen LogP contribution in [0.3, 0.4) is 0 Å². The first-order valence-corrected chi connectivity index (χ1v) is 10.7. The molecule has 2 heterocycles. The highest BCUT2D eigenvalue weighted by Gasteiger charge is 2.34. The highest BCUT2D eigenvalue weighted by Crippen LogP contribution is 2.28. The number of carbonyl (C=O) groups is 1. The van der Waals surface area contributed by atoms with Gasteiger partial charge in [-0.1, -0.05) is 41.9 Å². The molecule has 1 aliphatic rings. The van der Waals surface area contributed by atoms with Gasteiger partial charge in [0.2, 0.25) is 5.91 Å². The average molecular weight is 415 g/mol. The summed E-state index contributed by atoms with van der Waals surface area (Å²) in [4.78, 5) is 14.1. The molecule has 2 aromatic rings. The largest absolute Gasteiger partial charge is 0.390 e. The molecule has 0 saturated carbocycles. The molecule has 9 heteroatoms. The summed E-state index contributed by atoms with van der Waals surface area (Å²) in [5.74, 6) is -0.316. The van der Waals surface area contributed by atoms with E-state index in [1.165, 1.54) is 17.0 Å². The van der Waals surface area contributed by atoms with Gasteiger partial charge in [0.05, 0.1) is 17.0 Å². The Morgan fingerprint density at radius 1 is 1.15 bits per heavy atom. The van der Waals surface area contributed by atoms with Gasteiger partial charge >= 0.3 is 0 Å². The van der Waals surface area contributed by atoms with Crippen molar-refractivity contribution < 1.29 is 18.3 Å². The minimum atomic E-state index is -3.86. The van der Waals surface area contributed by atoms with Crippen molar-refractivity contribution in [2.45, 2.75) is 16.7 Å². The quantitative estimate of drug-likeness (QED) is 0.809. The molecule has 1 unspecified atom stereocenters. The molecule has 1 atom stereocenters. The Balaban J connectivity index is 1.72. The fourth-order valence-corrected chi connectivity index (χ4v) is 5.90. The maximum atomic E-state index is 12.7. The molecule has 1 N–H and O–H groups in total. The monoisotopic (exact) mass is 414 g/mol. The number of hydrogen-bond donors (Lipinski definition) is 1. The first-order valence-electron chi connectivity index (χ1n) is 8.11. The molecule has 0 spiro atoms. The van der Waals surface area contributed by atoms with E-state index in [4.69, 9.17) is 11.6 Å². The number of aliphatic hydroxyl groups is 1. The number of halogens is 1. The van der Waals surface area contributed by atoms with Crippen molar-refractivity contribution in [2.75, 3.05) is 26.2 Å². The molecule has 0 bridgehead atoms. The Morgan fingerprint density at radius 3 is 2.54 bits per heavy atom. The number of hydrogen-bond acceptors (Lipinski definition) is 5. The molecular formula is C17H19ClN2O4S2. The van der Waals surface area contributed by atoms with Crippen molar-refractivity contribution in [3.05, 3.63) is 52.4 Å². The molecule has 1 aliphatic heterocycles. The number of aliphatic hydroxyl groups excluding tert-OH is 1.